The Morgan fingerprint density at radius 1 is 1.03 bits per heavy atom. The Bertz CT molecular complexity index is 1430. The molecule has 1 fully saturated rings. The minimum absolute atomic E-state index is 0.00306. The van der Waals surface area contributed by atoms with Gasteiger partial charge in [0.05, 0.1) is 25.3 Å². The van der Waals surface area contributed by atoms with E-state index in [9.17, 15) is 14.7 Å². The van der Waals surface area contributed by atoms with Crippen LogP contribution in [0.3, 0.4) is 0 Å². The molecule has 0 bridgehead atoms. The highest BCUT2D eigenvalue weighted by Gasteiger charge is 2.47. The number of carbonyl (C=O) groups is 2. The monoisotopic (exact) mass is 515 g/mol. The van der Waals surface area contributed by atoms with Crippen LogP contribution in [0.2, 0.25) is 0 Å². The first-order valence-electron chi connectivity index (χ1n) is 12.5. The van der Waals surface area contributed by atoms with Gasteiger partial charge in [-0.3, -0.25) is 14.5 Å². The Morgan fingerprint density at radius 3 is 2.45 bits per heavy atom. The number of amides is 1. The van der Waals surface area contributed by atoms with Gasteiger partial charge in [0.1, 0.15) is 17.3 Å². The lowest BCUT2D eigenvalue weighted by Crippen LogP contribution is -2.29. The number of hydrogen-bond donors (Lipinski definition) is 1. The van der Waals surface area contributed by atoms with Crippen LogP contribution in [-0.2, 0) is 9.59 Å². The van der Waals surface area contributed by atoms with Crippen molar-refractivity contribution in [1.29, 1.82) is 0 Å². The molecule has 0 spiro atoms. The molecular formula is C30H29NO7. The van der Waals surface area contributed by atoms with Crippen molar-refractivity contribution < 1.29 is 33.6 Å². The van der Waals surface area contributed by atoms with Gasteiger partial charge in [-0.1, -0.05) is 26.0 Å². The van der Waals surface area contributed by atoms with Crippen LogP contribution in [0.25, 0.3) is 5.76 Å². The normalized spacial score (nSPS) is 17.8. The Hall–Kier alpha value is -4.46. The molecule has 1 amide bonds. The third-order valence-corrected chi connectivity index (χ3v) is 6.71. The number of carbonyl (C=O) groups excluding carboxylic acids is 2. The van der Waals surface area contributed by atoms with Crippen molar-refractivity contribution in [2.24, 2.45) is 0 Å². The summed E-state index contributed by atoms with van der Waals surface area (Å²) in [5.74, 6) is 0.705. The number of methoxy groups -OCH3 is 1. The van der Waals surface area contributed by atoms with Crippen LogP contribution < -0.4 is 23.8 Å². The maximum atomic E-state index is 13.5. The second-order valence-corrected chi connectivity index (χ2v) is 9.32. The van der Waals surface area contributed by atoms with Gasteiger partial charge in [0.25, 0.3) is 11.7 Å². The maximum Gasteiger partial charge on any atom is 0.300 e. The predicted molar refractivity (Wildman–Crippen MR) is 142 cm³/mol. The highest BCUT2D eigenvalue weighted by molar-refractivity contribution is 6.51. The molecule has 8 nitrogen and oxygen atoms in total. The van der Waals surface area contributed by atoms with E-state index >= 15 is 0 Å². The van der Waals surface area contributed by atoms with E-state index in [-0.39, 0.29) is 24.0 Å². The Morgan fingerprint density at radius 2 is 1.76 bits per heavy atom. The molecular weight excluding hydrogens is 486 g/mol. The Balaban J connectivity index is 1.68. The van der Waals surface area contributed by atoms with Gasteiger partial charge in [-0.05, 0) is 66.4 Å². The second kappa shape index (κ2) is 10.1. The van der Waals surface area contributed by atoms with Gasteiger partial charge in [-0.2, -0.15) is 0 Å². The van der Waals surface area contributed by atoms with E-state index in [2.05, 4.69) is 0 Å². The number of anilines is 1. The van der Waals surface area contributed by atoms with Gasteiger partial charge in [0.15, 0.2) is 11.5 Å². The van der Waals surface area contributed by atoms with Crippen LogP contribution in [-0.4, -0.2) is 37.3 Å². The number of hydrogen-bond acceptors (Lipinski definition) is 7. The minimum atomic E-state index is -0.879. The van der Waals surface area contributed by atoms with Crippen LogP contribution >= 0.6 is 0 Å². The molecule has 2 heterocycles. The molecule has 0 aliphatic carbocycles. The molecule has 196 valence electrons. The van der Waals surface area contributed by atoms with Crippen molar-refractivity contribution in [3.8, 4) is 23.0 Å². The molecule has 3 aromatic rings. The number of ketones is 1. The average Bonchev–Trinajstić information content (AvgIpc) is 3.50. The first kappa shape index (κ1) is 25.2. The van der Waals surface area contributed by atoms with E-state index < -0.39 is 17.7 Å². The summed E-state index contributed by atoms with van der Waals surface area (Å²) >= 11 is 0. The fourth-order valence-electron chi connectivity index (χ4n) is 4.85. The lowest BCUT2D eigenvalue weighted by Gasteiger charge is -2.26. The number of fused-ring (bicyclic) bond motifs is 1. The molecule has 3 aromatic carbocycles. The molecule has 1 saturated heterocycles. The molecule has 2 aliphatic heterocycles. The standard InChI is InChI=1S/C30H29NO7/c1-5-36-21-10-6-18(7-11-21)27-26(28(32)19-8-12-23(35-4)22(14-19)17(2)3)29(33)30(34)31(27)20-9-13-24-25(15-20)38-16-37-24/h6-15,17,27,32H,5,16H2,1-4H3/b28-26+. The number of benzene rings is 3. The van der Waals surface area contributed by atoms with Crippen molar-refractivity contribution >= 4 is 23.1 Å². The topological polar surface area (TPSA) is 94.5 Å². The van der Waals surface area contributed by atoms with Crippen LogP contribution in [0, 0.1) is 0 Å². The van der Waals surface area contributed by atoms with Crippen molar-refractivity contribution in [2.75, 3.05) is 25.4 Å². The fourth-order valence-corrected chi connectivity index (χ4v) is 4.85. The van der Waals surface area contributed by atoms with Crippen LogP contribution in [0.1, 0.15) is 49.4 Å². The summed E-state index contributed by atoms with van der Waals surface area (Å²) in [5.41, 5.74) is 2.39. The third-order valence-electron chi connectivity index (χ3n) is 6.71. The average molecular weight is 516 g/mol. The molecule has 1 unspecified atom stereocenters. The lowest BCUT2D eigenvalue weighted by molar-refractivity contribution is -0.132. The number of nitrogens with zero attached hydrogens (tertiary/aromatic N) is 1. The zero-order valence-electron chi connectivity index (χ0n) is 21.7. The number of rotatable bonds is 7. The second-order valence-electron chi connectivity index (χ2n) is 9.32. The van der Waals surface area contributed by atoms with E-state index in [1.807, 2.05) is 20.8 Å². The fraction of sp³-hybridized carbons (Fsp3) is 0.267. The zero-order valence-corrected chi connectivity index (χ0v) is 21.7. The van der Waals surface area contributed by atoms with E-state index in [1.165, 1.54) is 4.90 Å². The van der Waals surface area contributed by atoms with Gasteiger partial charge < -0.3 is 24.1 Å². The predicted octanol–water partition coefficient (Wildman–Crippen LogP) is 5.57. The molecule has 0 radical (unpaired) electrons. The van der Waals surface area contributed by atoms with Crippen LogP contribution in [0.5, 0.6) is 23.0 Å². The van der Waals surface area contributed by atoms with Crippen LogP contribution in [0.15, 0.2) is 66.2 Å². The summed E-state index contributed by atoms with van der Waals surface area (Å²) in [5, 5.41) is 11.5. The van der Waals surface area contributed by atoms with Gasteiger partial charge in [0.2, 0.25) is 6.79 Å². The number of Topliss-reactive ketones (excluding diaryl/α,β-unsaturated/α-hetero) is 1. The lowest BCUT2D eigenvalue weighted by atomic mass is 9.93. The summed E-state index contributed by atoms with van der Waals surface area (Å²) in [7, 11) is 1.59. The number of aliphatic hydroxyl groups is 1. The smallest absolute Gasteiger partial charge is 0.300 e. The summed E-state index contributed by atoms with van der Waals surface area (Å²) < 4.78 is 22.0. The molecule has 1 N–H and O–H groups in total. The molecule has 8 heteroatoms. The molecule has 0 saturated carbocycles. The van der Waals surface area contributed by atoms with Gasteiger partial charge in [-0.25, -0.2) is 0 Å². The molecule has 1 atom stereocenters. The minimum Gasteiger partial charge on any atom is -0.507 e. The van der Waals surface area contributed by atoms with E-state index in [0.29, 0.717) is 46.4 Å². The Kier molecular flexibility index (Phi) is 6.72. The molecule has 2 aliphatic rings. The van der Waals surface area contributed by atoms with Crippen LogP contribution in [0.4, 0.5) is 5.69 Å². The molecule has 38 heavy (non-hydrogen) atoms. The molecule has 5 rings (SSSR count). The van der Waals surface area contributed by atoms with E-state index in [1.54, 1.807) is 67.8 Å². The van der Waals surface area contributed by atoms with Gasteiger partial charge in [0, 0.05) is 17.3 Å². The number of aliphatic hydroxyl groups excluding tert-OH is 1. The maximum absolute atomic E-state index is 13.5. The largest absolute Gasteiger partial charge is 0.507 e. The zero-order chi connectivity index (χ0) is 27.0. The third kappa shape index (κ3) is 4.32. The van der Waals surface area contributed by atoms with Gasteiger partial charge in [-0.15, -0.1) is 0 Å². The first-order valence-corrected chi connectivity index (χ1v) is 12.5. The van der Waals surface area contributed by atoms with E-state index in [0.717, 1.165) is 5.56 Å². The number of ether oxygens (including phenoxy) is 4. The van der Waals surface area contributed by atoms with Crippen molar-refractivity contribution in [3.05, 3.63) is 82.9 Å². The quantitative estimate of drug-likeness (QED) is 0.250. The summed E-state index contributed by atoms with van der Waals surface area (Å²) in [6.07, 6.45) is 0. The van der Waals surface area contributed by atoms with Crippen molar-refractivity contribution in [2.45, 2.75) is 32.7 Å². The summed E-state index contributed by atoms with van der Waals surface area (Å²) in [6.45, 7) is 6.50. The SMILES string of the molecule is CCOc1ccc(C2/C(=C(\O)c3ccc(OC)c(C(C)C)c3)C(=O)C(=O)N2c2ccc3c(c2)OCO3)cc1. The molecule has 0 aromatic heterocycles. The van der Waals surface area contributed by atoms with E-state index in [4.69, 9.17) is 18.9 Å². The highest BCUT2D eigenvalue weighted by atomic mass is 16.7. The van der Waals surface area contributed by atoms with Gasteiger partial charge >= 0.3 is 0 Å². The first-order chi connectivity index (χ1) is 18.3. The summed E-state index contributed by atoms with van der Waals surface area (Å²) in [4.78, 5) is 28.4. The summed E-state index contributed by atoms with van der Waals surface area (Å²) in [6, 6.07) is 16.6. The van der Waals surface area contributed by atoms with Crippen molar-refractivity contribution in [1.82, 2.24) is 0 Å². The highest BCUT2D eigenvalue weighted by Crippen LogP contribution is 2.45. The van der Waals surface area contributed by atoms with Crippen molar-refractivity contribution in [3.63, 3.8) is 0 Å². The Labute approximate surface area is 221 Å².